The fourth-order valence-corrected chi connectivity index (χ4v) is 2.42. The predicted octanol–water partition coefficient (Wildman–Crippen LogP) is 2.26. The molecule has 0 saturated carbocycles. The van der Waals surface area contributed by atoms with Crippen molar-refractivity contribution in [1.29, 1.82) is 0 Å². The van der Waals surface area contributed by atoms with E-state index in [1.54, 1.807) is 0 Å². The summed E-state index contributed by atoms with van der Waals surface area (Å²) < 4.78 is 5.29. The van der Waals surface area contributed by atoms with Crippen LogP contribution >= 0.6 is 0 Å². The zero-order valence-corrected chi connectivity index (χ0v) is 11.7. The molecule has 0 aliphatic carbocycles. The Bertz CT molecular complexity index is 577. The van der Waals surface area contributed by atoms with Gasteiger partial charge in [-0.05, 0) is 17.9 Å². The molecule has 106 valence electrons. The number of benzene rings is 1. The fraction of sp³-hybridized carbons (Fsp3) is 0.467. The van der Waals surface area contributed by atoms with Gasteiger partial charge in [0, 0.05) is 12.1 Å². The maximum Gasteiger partial charge on any atom is 0.244 e. The van der Waals surface area contributed by atoms with Crippen LogP contribution in [-0.4, -0.2) is 27.9 Å². The Morgan fingerprint density at radius 1 is 1.30 bits per heavy atom. The largest absolute Gasteiger partial charge is 0.392 e. The highest BCUT2D eigenvalue weighted by Gasteiger charge is 2.28. The third-order valence-corrected chi connectivity index (χ3v) is 3.68. The third-order valence-electron chi connectivity index (χ3n) is 3.68. The zero-order chi connectivity index (χ0) is 14.1. The topological polar surface area (TPSA) is 71.2 Å². The van der Waals surface area contributed by atoms with Gasteiger partial charge in [-0.25, -0.2) is 0 Å². The van der Waals surface area contributed by atoms with Crippen LogP contribution in [0.2, 0.25) is 0 Å². The number of aromatic nitrogens is 2. The van der Waals surface area contributed by atoms with Gasteiger partial charge in [-0.15, -0.1) is 0 Å². The molecule has 0 spiro atoms. The van der Waals surface area contributed by atoms with Crippen LogP contribution in [0.4, 0.5) is 0 Å². The van der Waals surface area contributed by atoms with Gasteiger partial charge < -0.3 is 14.9 Å². The van der Waals surface area contributed by atoms with E-state index in [0.29, 0.717) is 30.6 Å². The number of nitrogens with one attached hydrogen (secondary N) is 1. The van der Waals surface area contributed by atoms with E-state index in [1.165, 1.54) is 5.56 Å². The Labute approximate surface area is 118 Å². The highest BCUT2D eigenvalue weighted by atomic mass is 16.5. The van der Waals surface area contributed by atoms with Gasteiger partial charge in [-0.2, -0.15) is 4.98 Å². The summed E-state index contributed by atoms with van der Waals surface area (Å²) in [6.07, 6.45) is 0.286. The average molecular weight is 273 g/mol. The first kappa shape index (κ1) is 13.3. The van der Waals surface area contributed by atoms with Crippen LogP contribution in [0.15, 0.2) is 28.8 Å². The summed E-state index contributed by atoms with van der Waals surface area (Å²) in [6, 6.07) is 8.17. The zero-order valence-electron chi connectivity index (χ0n) is 11.7. The highest BCUT2D eigenvalue weighted by molar-refractivity contribution is 5.54. The molecule has 0 amide bonds. The summed E-state index contributed by atoms with van der Waals surface area (Å²) >= 11 is 0. The molecule has 1 fully saturated rings. The van der Waals surface area contributed by atoms with Crippen molar-refractivity contribution in [2.24, 2.45) is 0 Å². The van der Waals surface area contributed by atoms with E-state index in [4.69, 9.17) is 4.52 Å². The van der Waals surface area contributed by atoms with Crippen molar-refractivity contribution < 1.29 is 9.63 Å². The lowest BCUT2D eigenvalue weighted by Gasteiger charge is -2.04. The molecule has 0 unspecified atom stereocenters. The van der Waals surface area contributed by atoms with Gasteiger partial charge >= 0.3 is 0 Å². The molecular formula is C15H19N3O2. The second kappa shape index (κ2) is 5.34. The van der Waals surface area contributed by atoms with E-state index in [2.05, 4.69) is 41.4 Å². The molecule has 1 aromatic carbocycles. The molecule has 5 nitrogen and oxygen atoms in total. The summed E-state index contributed by atoms with van der Waals surface area (Å²) in [5.74, 6) is 1.65. The summed E-state index contributed by atoms with van der Waals surface area (Å²) in [4.78, 5) is 4.42. The Hall–Kier alpha value is -1.72. The predicted molar refractivity (Wildman–Crippen MR) is 75.2 cm³/mol. The summed E-state index contributed by atoms with van der Waals surface area (Å²) in [7, 11) is 0. The summed E-state index contributed by atoms with van der Waals surface area (Å²) in [5, 5.41) is 16.7. The second-order valence-electron chi connectivity index (χ2n) is 5.58. The standard InChI is InChI=1S/C15H19N3O2/c1-9(2)10-3-5-11(6-4-10)14-17-15(20-18-14)13-7-12(19)8-16-13/h3-6,9,12-13,16,19H,7-8H2,1-2H3/t12-,13+/m1/s1. The first-order chi connectivity index (χ1) is 9.63. The van der Waals surface area contributed by atoms with Crippen LogP contribution in [0.1, 0.15) is 43.7 Å². The van der Waals surface area contributed by atoms with Crippen molar-refractivity contribution >= 4 is 0 Å². The van der Waals surface area contributed by atoms with Crippen molar-refractivity contribution in [3.05, 3.63) is 35.7 Å². The van der Waals surface area contributed by atoms with Gasteiger partial charge in [-0.1, -0.05) is 43.3 Å². The van der Waals surface area contributed by atoms with Gasteiger partial charge in [0.2, 0.25) is 11.7 Å². The molecule has 1 aromatic heterocycles. The minimum atomic E-state index is -0.333. The number of aliphatic hydroxyl groups is 1. The van der Waals surface area contributed by atoms with Crippen LogP contribution in [0.25, 0.3) is 11.4 Å². The number of rotatable bonds is 3. The monoisotopic (exact) mass is 273 g/mol. The molecular weight excluding hydrogens is 254 g/mol. The summed E-state index contributed by atoms with van der Waals surface area (Å²) in [6.45, 7) is 4.91. The van der Waals surface area contributed by atoms with Crippen LogP contribution in [0.3, 0.4) is 0 Å². The maximum absolute atomic E-state index is 9.51. The normalized spacial score (nSPS) is 22.6. The van der Waals surface area contributed by atoms with Crippen LogP contribution < -0.4 is 5.32 Å². The molecule has 20 heavy (non-hydrogen) atoms. The Morgan fingerprint density at radius 2 is 2.05 bits per heavy atom. The van der Waals surface area contributed by atoms with E-state index in [1.807, 2.05) is 12.1 Å². The second-order valence-corrected chi connectivity index (χ2v) is 5.58. The smallest absolute Gasteiger partial charge is 0.244 e. The van der Waals surface area contributed by atoms with Gasteiger partial charge in [0.15, 0.2) is 0 Å². The molecule has 2 N–H and O–H groups in total. The van der Waals surface area contributed by atoms with Gasteiger partial charge in [0.1, 0.15) is 0 Å². The molecule has 5 heteroatoms. The van der Waals surface area contributed by atoms with Crippen molar-refractivity contribution in [2.75, 3.05) is 6.54 Å². The molecule has 0 radical (unpaired) electrons. The van der Waals surface area contributed by atoms with Crippen molar-refractivity contribution in [2.45, 2.75) is 38.3 Å². The molecule has 2 atom stereocenters. The average Bonchev–Trinajstić information content (AvgIpc) is 3.07. The Kier molecular flexibility index (Phi) is 3.54. The first-order valence-corrected chi connectivity index (χ1v) is 6.99. The van der Waals surface area contributed by atoms with Gasteiger partial charge in [0.05, 0.1) is 12.1 Å². The van der Waals surface area contributed by atoms with E-state index < -0.39 is 0 Å². The number of nitrogens with zero attached hydrogens (tertiary/aromatic N) is 2. The molecule has 1 aliphatic heterocycles. The third kappa shape index (κ3) is 2.59. The lowest BCUT2D eigenvalue weighted by molar-refractivity contribution is 0.191. The molecule has 0 bridgehead atoms. The molecule has 2 aromatic rings. The van der Waals surface area contributed by atoms with Crippen molar-refractivity contribution in [3.8, 4) is 11.4 Å². The lowest BCUT2D eigenvalue weighted by Crippen LogP contribution is -2.15. The van der Waals surface area contributed by atoms with E-state index in [0.717, 1.165) is 5.56 Å². The van der Waals surface area contributed by atoms with Crippen LogP contribution in [0, 0.1) is 0 Å². The number of β-amino-alcohol motifs (C(OH)–C–C–N with tert-alkyl or cyclic N) is 1. The molecule has 2 heterocycles. The Morgan fingerprint density at radius 3 is 2.65 bits per heavy atom. The highest BCUT2D eigenvalue weighted by Crippen LogP contribution is 2.25. The van der Waals surface area contributed by atoms with E-state index in [9.17, 15) is 5.11 Å². The SMILES string of the molecule is CC(C)c1ccc(-c2noc([C@@H]3C[C@@H](O)CN3)n2)cc1. The maximum atomic E-state index is 9.51. The van der Waals surface area contributed by atoms with Gasteiger partial charge in [0.25, 0.3) is 0 Å². The number of hydrogen-bond acceptors (Lipinski definition) is 5. The van der Waals surface area contributed by atoms with Crippen molar-refractivity contribution in [1.82, 2.24) is 15.5 Å². The van der Waals surface area contributed by atoms with Crippen LogP contribution in [-0.2, 0) is 0 Å². The summed E-state index contributed by atoms with van der Waals surface area (Å²) in [5.41, 5.74) is 2.24. The minimum Gasteiger partial charge on any atom is -0.392 e. The fourth-order valence-electron chi connectivity index (χ4n) is 2.42. The quantitative estimate of drug-likeness (QED) is 0.897. The molecule has 1 saturated heterocycles. The minimum absolute atomic E-state index is 0.0406. The van der Waals surface area contributed by atoms with Crippen LogP contribution in [0.5, 0.6) is 0 Å². The number of aliphatic hydroxyl groups excluding tert-OH is 1. The number of hydrogen-bond donors (Lipinski definition) is 2. The first-order valence-electron chi connectivity index (χ1n) is 6.99. The molecule has 3 rings (SSSR count). The van der Waals surface area contributed by atoms with E-state index >= 15 is 0 Å². The lowest BCUT2D eigenvalue weighted by atomic mass is 10.0. The van der Waals surface area contributed by atoms with Gasteiger partial charge in [-0.3, -0.25) is 0 Å². The Balaban J connectivity index is 1.79. The van der Waals surface area contributed by atoms with E-state index in [-0.39, 0.29) is 12.1 Å². The molecule has 1 aliphatic rings. The van der Waals surface area contributed by atoms with Crippen molar-refractivity contribution in [3.63, 3.8) is 0 Å².